The fourth-order valence-electron chi connectivity index (χ4n) is 1.60. The topological polar surface area (TPSA) is 29.5 Å². The molecule has 0 bridgehead atoms. The van der Waals surface area contributed by atoms with Crippen LogP contribution < -0.4 is 0 Å². The second-order valence-corrected chi connectivity index (χ2v) is 4.27. The first-order chi connectivity index (χ1) is 7.70. The number of rotatable bonds is 10. The van der Waals surface area contributed by atoms with Crippen LogP contribution in [0.4, 0.5) is 0 Å². The highest BCUT2D eigenvalue weighted by Crippen LogP contribution is 2.03. The number of unbranched alkanes of at least 4 members (excludes halogenated alkanes) is 3. The van der Waals surface area contributed by atoms with E-state index < -0.39 is 0 Å². The SMILES string of the molecule is CCCCN(C)CCCCCC(=O)OCC. The van der Waals surface area contributed by atoms with E-state index >= 15 is 0 Å². The van der Waals surface area contributed by atoms with Gasteiger partial charge in [0.1, 0.15) is 0 Å². The Hall–Kier alpha value is -0.570. The van der Waals surface area contributed by atoms with Crippen LogP contribution in [0.25, 0.3) is 0 Å². The molecule has 0 aliphatic carbocycles. The molecular formula is C13H27NO2. The maximum atomic E-state index is 11.0. The van der Waals surface area contributed by atoms with Crippen LogP contribution in [0.3, 0.4) is 0 Å². The van der Waals surface area contributed by atoms with Crippen molar-refractivity contribution in [1.82, 2.24) is 4.90 Å². The Labute approximate surface area is 100 Å². The van der Waals surface area contributed by atoms with Crippen molar-refractivity contribution < 1.29 is 9.53 Å². The van der Waals surface area contributed by atoms with Crippen LogP contribution in [0, 0.1) is 0 Å². The number of nitrogens with zero attached hydrogens (tertiary/aromatic N) is 1. The highest BCUT2D eigenvalue weighted by molar-refractivity contribution is 5.69. The van der Waals surface area contributed by atoms with Gasteiger partial charge in [0.25, 0.3) is 0 Å². The minimum absolute atomic E-state index is 0.0539. The van der Waals surface area contributed by atoms with E-state index in [1.165, 1.54) is 25.8 Å². The van der Waals surface area contributed by atoms with Crippen molar-refractivity contribution in [3.8, 4) is 0 Å². The van der Waals surface area contributed by atoms with Gasteiger partial charge in [-0.3, -0.25) is 4.79 Å². The van der Waals surface area contributed by atoms with Crippen LogP contribution in [0.2, 0.25) is 0 Å². The molecule has 0 atom stereocenters. The summed E-state index contributed by atoms with van der Waals surface area (Å²) < 4.78 is 4.87. The predicted molar refractivity (Wildman–Crippen MR) is 67.5 cm³/mol. The fraction of sp³-hybridized carbons (Fsp3) is 0.923. The molecule has 0 N–H and O–H groups in total. The van der Waals surface area contributed by atoms with Crippen LogP contribution in [-0.2, 0) is 9.53 Å². The van der Waals surface area contributed by atoms with Crippen LogP contribution in [0.1, 0.15) is 52.4 Å². The number of hydrogen-bond acceptors (Lipinski definition) is 3. The maximum Gasteiger partial charge on any atom is 0.305 e. The molecule has 16 heavy (non-hydrogen) atoms. The van der Waals surface area contributed by atoms with Gasteiger partial charge in [0, 0.05) is 6.42 Å². The number of hydrogen-bond donors (Lipinski definition) is 0. The molecule has 0 saturated heterocycles. The lowest BCUT2D eigenvalue weighted by Gasteiger charge is -2.15. The van der Waals surface area contributed by atoms with Crippen molar-refractivity contribution in [3.05, 3.63) is 0 Å². The highest BCUT2D eigenvalue weighted by Gasteiger charge is 2.01. The molecule has 0 unspecified atom stereocenters. The molecule has 0 amide bonds. The van der Waals surface area contributed by atoms with Crippen molar-refractivity contribution in [3.63, 3.8) is 0 Å². The molecular weight excluding hydrogens is 202 g/mol. The third-order valence-corrected chi connectivity index (χ3v) is 2.62. The van der Waals surface area contributed by atoms with Gasteiger partial charge in [-0.25, -0.2) is 0 Å². The van der Waals surface area contributed by atoms with Crippen molar-refractivity contribution in [2.75, 3.05) is 26.7 Å². The fourth-order valence-corrected chi connectivity index (χ4v) is 1.60. The largest absolute Gasteiger partial charge is 0.466 e. The van der Waals surface area contributed by atoms with Gasteiger partial charge in [0.15, 0.2) is 0 Å². The number of carbonyl (C=O) groups is 1. The molecule has 0 rings (SSSR count). The molecule has 0 spiro atoms. The van der Waals surface area contributed by atoms with Gasteiger partial charge in [-0.2, -0.15) is 0 Å². The maximum absolute atomic E-state index is 11.0. The van der Waals surface area contributed by atoms with Crippen LogP contribution in [-0.4, -0.2) is 37.6 Å². The zero-order chi connectivity index (χ0) is 12.2. The monoisotopic (exact) mass is 229 g/mol. The molecule has 0 aromatic rings. The number of ether oxygens (including phenoxy) is 1. The van der Waals surface area contributed by atoms with Crippen molar-refractivity contribution >= 4 is 5.97 Å². The lowest BCUT2D eigenvalue weighted by atomic mass is 10.2. The van der Waals surface area contributed by atoms with Crippen LogP contribution in [0.15, 0.2) is 0 Å². The predicted octanol–water partition coefficient (Wildman–Crippen LogP) is 2.84. The summed E-state index contributed by atoms with van der Waals surface area (Å²) in [6.45, 7) is 6.89. The second-order valence-electron chi connectivity index (χ2n) is 4.27. The molecule has 0 aliphatic heterocycles. The third kappa shape index (κ3) is 9.97. The minimum Gasteiger partial charge on any atom is -0.466 e. The average molecular weight is 229 g/mol. The summed E-state index contributed by atoms with van der Waals surface area (Å²) >= 11 is 0. The van der Waals surface area contributed by atoms with Gasteiger partial charge in [-0.05, 0) is 46.3 Å². The Bertz CT molecular complexity index is 171. The molecule has 3 heteroatoms. The normalized spacial score (nSPS) is 10.8. The van der Waals surface area contributed by atoms with E-state index in [-0.39, 0.29) is 5.97 Å². The summed E-state index contributed by atoms with van der Waals surface area (Å²) in [5.41, 5.74) is 0. The van der Waals surface area contributed by atoms with Gasteiger partial charge in [-0.1, -0.05) is 19.8 Å². The zero-order valence-electron chi connectivity index (χ0n) is 11.1. The zero-order valence-corrected chi connectivity index (χ0v) is 11.1. The lowest BCUT2D eigenvalue weighted by Crippen LogP contribution is -2.20. The summed E-state index contributed by atoms with van der Waals surface area (Å²) in [7, 11) is 2.17. The lowest BCUT2D eigenvalue weighted by molar-refractivity contribution is -0.143. The smallest absolute Gasteiger partial charge is 0.305 e. The van der Waals surface area contributed by atoms with Gasteiger partial charge in [0.05, 0.1) is 6.61 Å². The summed E-state index contributed by atoms with van der Waals surface area (Å²) in [6, 6.07) is 0. The van der Waals surface area contributed by atoms with Gasteiger partial charge in [0.2, 0.25) is 0 Å². The van der Waals surface area contributed by atoms with Gasteiger partial charge < -0.3 is 9.64 Å². The van der Waals surface area contributed by atoms with Crippen LogP contribution >= 0.6 is 0 Å². The first kappa shape index (κ1) is 15.4. The summed E-state index contributed by atoms with van der Waals surface area (Å²) in [6.07, 6.45) is 6.37. The second kappa shape index (κ2) is 10.9. The summed E-state index contributed by atoms with van der Waals surface area (Å²) in [4.78, 5) is 13.4. The van der Waals surface area contributed by atoms with E-state index in [4.69, 9.17) is 4.74 Å². The number of esters is 1. The van der Waals surface area contributed by atoms with Gasteiger partial charge in [-0.15, -0.1) is 0 Å². The molecule has 0 radical (unpaired) electrons. The Balaban J connectivity index is 3.23. The van der Waals surface area contributed by atoms with Gasteiger partial charge >= 0.3 is 5.97 Å². The minimum atomic E-state index is -0.0539. The quantitative estimate of drug-likeness (QED) is 0.426. The van der Waals surface area contributed by atoms with Crippen LogP contribution in [0.5, 0.6) is 0 Å². The average Bonchev–Trinajstić information content (AvgIpc) is 2.26. The highest BCUT2D eigenvalue weighted by atomic mass is 16.5. The molecule has 0 fully saturated rings. The van der Waals surface area contributed by atoms with E-state index in [0.29, 0.717) is 13.0 Å². The first-order valence-corrected chi connectivity index (χ1v) is 6.54. The summed E-state index contributed by atoms with van der Waals surface area (Å²) in [5, 5.41) is 0. The molecule has 0 aromatic carbocycles. The first-order valence-electron chi connectivity index (χ1n) is 6.54. The molecule has 0 aliphatic rings. The Morgan fingerprint density at radius 1 is 1.06 bits per heavy atom. The van der Waals surface area contributed by atoms with E-state index in [1.54, 1.807) is 0 Å². The Kier molecular flexibility index (Phi) is 10.5. The summed E-state index contributed by atoms with van der Waals surface area (Å²) in [5.74, 6) is -0.0539. The Morgan fingerprint density at radius 3 is 2.38 bits per heavy atom. The molecule has 96 valence electrons. The van der Waals surface area contributed by atoms with E-state index in [0.717, 1.165) is 19.4 Å². The van der Waals surface area contributed by atoms with E-state index in [9.17, 15) is 4.79 Å². The number of carbonyl (C=O) groups excluding carboxylic acids is 1. The Morgan fingerprint density at radius 2 is 1.75 bits per heavy atom. The molecule has 0 aromatic heterocycles. The third-order valence-electron chi connectivity index (χ3n) is 2.62. The standard InChI is InChI=1S/C13H27NO2/c1-4-6-11-14(3)12-9-7-8-10-13(15)16-5-2/h4-12H2,1-3H3. The molecule has 0 heterocycles. The van der Waals surface area contributed by atoms with Crippen molar-refractivity contribution in [2.24, 2.45) is 0 Å². The van der Waals surface area contributed by atoms with E-state index in [1.807, 2.05) is 6.92 Å². The van der Waals surface area contributed by atoms with E-state index in [2.05, 4.69) is 18.9 Å². The molecule has 3 nitrogen and oxygen atoms in total. The van der Waals surface area contributed by atoms with Crippen molar-refractivity contribution in [1.29, 1.82) is 0 Å². The van der Waals surface area contributed by atoms with Crippen molar-refractivity contribution in [2.45, 2.75) is 52.4 Å². The molecule has 0 saturated carbocycles.